The molecule has 6 nitrogen and oxygen atoms in total. The molecule has 22 heavy (non-hydrogen) atoms. The van der Waals surface area contributed by atoms with Crippen LogP contribution in [0.25, 0.3) is 0 Å². The first-order valence-corrected chi connectivity index (χ1v) is 7.12. The molecule has 0 saturated carbocycles. The van der Waals surface area contributed by atoms with Gasteiger partial charge >= 0.3 is 0 Å². The summed E-state index contributed by atoms with van der Waals surface area (Å²) in [5, 5.41) is 3.91. The molecule has 0 unspecified atom stereocenters. The van der Waals surface area contributed by atoms with Crippen LogP contribution in [0, 0.1) is 0 Å². The Morgan fingerprint density at radius 2 is 2.32 bits per heavy atom. The molecule has 0 saturated heterocycles. The van der Waals surface area contributed by atoms with Gasteiger partial charge in [0, 0.05) is 22.4 Å². The van der Waals surface area contributed by atoms with E-state index >= 15 is 0 Å². The number of hydrogen-bond donors (Lipinski definition) is 1. The number of nitrogens with one attached hydrogen (secondary N) is 1. The minimum atomic E-state index is -0.437. The first kappa shape index (κ1) is 15.8. The molecule has 0 aliphatic carbocycles. The third-order valence-corrected chi connectivity index (χ3v) is 2.99. The van der Waals surface area contributed by atoms with E-state index in [2.05, 4.69) is 43.0 Å². The molecule has 0 fully saturated rings. The molecule has 2 aromatic rings. The van der Waals surface area contributed by atoms with Crippen molar-refractivity contribution < 1.29 is 9.53 Å². The zero-order valence-electron chi connectivity index (χ0n) is 11.6. The van der Waals surface area contributed by atoms with Crippen LogP contribution < -0.4 is 10.2 Å². The van der Waals surface area contributed by atoms with Crippen molar-refractivity contribution in [2.24, 2.45) is 5.10 Å². The molecule has 1 amide bonds. The van der Waals surface area contributed by atoms with Gasteiger partial charge in [0.1, 0.15) is 18.1 Å². The Bertz CT molecular complexity index is 689. The zero-order chi connectivity index (χ0) is 15.8. The van der Waals surface area contributed by atoms with Crippen molar-refractivity contribution >= 4 is 28.1 Å². The Morgan fingerprint density at radius 1 is 1.45 bits per heavy atom. The van der Waals surface area contributed by atoms with E-state index < -0.39 is 5.91 Å². The van der Waals surface area contributed by atoms with Crippen molar-refractivity contribution in [3.63, 3.8) is 0 Å². The van der Waals surface area contributed by atoms with Crippen molar-refractivity contribution in [2.45, 2.75) is 0 Å². The summed E-state index contributed by atoms with van der Waals surface area (Å²) in [4.78, 5) is 19.5. The molecule has 1 N–H and O–H groups in total. The second kappa shape index (κ2) is 8.04. The van der Waals surface area contributed by atoms with Crippen molar-refractivity contribution in [3.8, 4) is 5.75 Å². The van der Waals surface area contributed by atoms with Gasteiger partial charge < -0.3 is 4.74 Å². The summed E-state index contributed by atoms with van der Waals surface area (Å²) in [6.45, 7) is 3.99. The smallest absolute Gasteiger partial charge is 0.291 e. The number of ether oxygens (including phenoxy) is 1. The summed E-state index contributed by atoms with van der Waals surface area (Å²) >= 11 is 3.38. The molecule has 112 valence electrons. The maximum atomic E-state index is 11.8. The first-order chi connectivity index (χ1) is 10.7. The Hall–Kier alpha value is -2.54. The van der Waals surface area contributed by atoms with Crippen LogP contribution in [0.1, 0.15) is 16.1 Å². The zero-order valence-corrected chi connectivity index (χ0v) is 13.2. The van der Waals surface area contributed by atoms with Gasteiger partial charge in [-0.05, 0) is 18.2 Å². The second-order valence-corrected chi connectivity index (χ2v) is 4.99. The third kappa shape index (κ3) is 4.49. The number of benzene rings is 1. The molecule has 2 rings (SSSR count). The molecule has 1 heterocycles. The molecular weight excluding hydrogens is 348 g/mol. The van der Waals surface area contributed by atoms with E-state index in [1.807, 2.05) is 12.1 Å². The number of halogens is 1. The monoisotopic (exact) mass is 360 g/mol. The van der Waals surface area contributed by atoms with Crippen LogP contribution in [0.5, 0.6) is 5.75 Å². The number of aromatic nitrogens is 2. The van der Waals surface area contributed by atoms with Gasteiger partial charge in [0.15, 0.2) is 0 Å². The van der Waals surface area contributed by atoms with Crippen LogP contribution in [0.2, 0.25) is 0 Å². The number of hydrogen-bond acceptors (Lipinski definition) is 5. The summed E-state index contributed by atoms with van der Waals surface area (Å²) in [5.41, 5.74) is 3.30. The summed E-state index contributed by atoms with van der Waals surface area (Å²) in [5.74, 6) is 0.202. The van der Waals surface area contributed by atoms with Gasteiger partial charge in [-0.15, -0.1) is 0 Å². The fourth-order valence-electron chi connectivity index (χ4n) is 1.53. The molecule has 0 bridgehead atoms. The Labute approximate surface area is 136 Å². The van der Waals surface area contributed by atoms with Gasteiger partial charge in [0.25, 0.3) is 5.91 Å². The summed E-state index contributed by atoms with van der Waals surface area (Å²) in [7, 11) is 0. The normalized spacial score (nSPS) is 10.4. The number of nitrogens with zero attached hydrogens (tertiary/aromatic N) is 3. The van der Waals surface area contributed by atoms with Crippen molar-refractivity contribution in [1.82, 2.24) is 15.4 Å². The van der Waals surface area contributed by atoms with Gasteiger partial charge in [-0.1, -0.05) is 28.6 Å². The highest BCUT2D eigenvalue weighted by molar-refractivity contribution is 9.10. The number of hydrazone groups is 1. The lowest BCUT2D eigenvalue weighted by Gasteiger charge is -2.07. The van der Waals surface area contributed by atoms with E-state index in [4.69, 9.17) is 4.74 Å². The molecule has 0 aliphatic heterocycles. The van der Waals surface area contributed by atoms with Gasteiger partial charge in [0.05, 0.1) is 12.4 Å². The van der Waals surface area contributed by atoms with E-state index in [-0.39, 0.29) is 5.69 Å². The summed E-state index contributed by atoms with van der Waals surface area (Å²) in [6.07, 6.45) is 7.44. The highest BCUT2D eigenvalue weighted by atomic mass is 79.9. The van der Waals surface area contributed by atoms with Crippen molar-refractivity contribution in [1.29, 1.82) is 0 Å². The van der Waals surface area contributed by atoms with Crippen LogP contribution in [0.3, 0.4) is 0 Å². The van der Waals surface area contributed by atoms with Crippen molar-refractivity contribution in [2.75, 3.05) is 6.61 Å². The standard InChI is InChI=1S/C15H13BrN4O2/c1-2-7-22-14-4-3-12(16)8-11(14)9-19-20-15(21)13-10-17-5-6-18-13/h2-6,8-10H,1,7H2,(H,20,21). The SMILES string of the molecule is C=CCOc1ccc(Br)cc1C=NNC(=O)c1cnccn1. The number of carbonyl (C=O) groups excluding carboxylic acids is 1. The summed E-state index contributed by atoms with van der Waals surface area (Å²) < 4.78 is 6.39. The molecule has 1 aromatic carbocycles. The minimum absolute atomic E-state index is 0.192. The van der Waals surface area contributed by atoms with Crippen LogP contribution >= 0.6 is 15.9 Å². The van der Waals surface area contributed by atoms with Gasteiger partial charge in [-0.25, -0.2) is 10.4 Å². The molecule has 0 atom stereocenters. The van der Waals surface area contributed by atoms with E-state index in [1.54, 1.807) is 12.1 Å². The predicted octanol–water partition coefficient (Wildman–Crippen LogP) is 2.57. The van der Waals surface area contributed by atoms with E-state index in [1.165, 1.54) is 24.8 Å². The largest absolute Gasteiger partial charge is 0.489 e. The maximum absolute atomic E-state index is 11.8. The van der Waals surface area contributed by atoms with Crippen molar-refractivity contribution in [3.05, 3.63) is 65.2 Å². The molecular formula is C15H13BrN4O2. The van der Waals surface area contributed by atoms with Gasteiger partial charge in [-0.2, -0.15) is 5.10 Å². The van der Waals surface area contributed by atoms with Crippen LogP contribution in [0.15, 0.2) is 59.0 Å². The number of rotatable bonds is 6. The third-order valence-electron chi connectivity index (χ3n) is 2.49. The van der Waals surface area contributed by atoms with Crippen LogP contribution in [-0.2, 0) is 0 Å². The van der Waals surface area contributed by atoms with Crippen LogP contribution in [0.4, 0.5) is 0 Å². The Balaban J connectivity index is 2.07. The lowest BCUT2D eigenvalue weighted by atomic mass is 10.2. The van der Waals surface area contributed by atoms with E-state index in [0.29, 0.717) is 12.4 Å². The fourth-order valence-corrected chi connectivity index (χ4v) is 1.91. The first-order valence-electron chi connectivity index (χ1n) is 6.33. The molecule has 1 aromatic heterocycles. The summed E-state index contributed by atoms with van der Waals surface area (Å²) in [6, 6.07) is 5.49. The second-order valence-electron chi connectivity index (χ2n) is 4.07. The lowest BCUT2D eigenvalue weighted by Crippen LogP contribution is -2.19. The fraction of sp³-hybridized carbons (Fsp3) is 0.0667. The average molecular weight is 361 g/mol. The highest BCUT2D eigenvalue weighted by Gasteiger charge is 2.05. The number of amides is 1. The topological polar surface area (TPSA) is 76.5 Å². The highest BCUT2D eigenvalue weighted by Crippen LogP contribution is 2.21. The maximum Gasteiger partial charge on any atom is 0.291 e. The Morgan fingerprint density at radius 3 is 3.05 bits per heavy atom. The van der Waals surface area contributed by atoms with E-state index in [0.717, 1.165) is 10.0 Å². The lowest BCUT2D eigenvalue weighted by molar-refractivity contribution is 0.0949. The Kier molecular flexibility index (Phi) is 5.79. The van der Waals surface area contributed by atoms with Gasteiger partial charge in [-0.3, -0.25) is 9.78 Å². The number of carbonyl (C=O) groups is 1. The molecule has 7 heteroatoms. The minimum Gasteiger partial charge on any atom is -0.489 e. The van der Waals surface area contributed by atoms with Gasteiger partial charge in [0.2, 0.25) is 0 Å². The molecule has 0 radical (unpaired) electrons. The predicted molar refractivity (Wildman–Crippen MR) is 86.9 cm³/mol. The van der Waals surface area contributed by atoms with Crippen LogP contribution in [-0.4, -0.2) is 28.7 Å². The molecule has 0 aliphatic rings. The van der Waals surface area contributed by atoms with E-state index in [9.17, 15) is 4.79 Å². The molecule has 0 spiro atoms. The quantitative estimate of drug-likeness (QED) is 0.487. The average Bonchev–Trinajstić information content (AvgIpc) is 2.55.